The summed E-state index contributed by atoms with van der Waals surface area (Å²) in [6.45, 7) is 3.57. The Kier molecular flexibility index (Phi) is 7.19. The lowest BCUT2D eigenvalue weighted by Gasteiger charge is -2.21. The Morgan fingerprint density at radius 3 is 2.31 bits per heavy atom. The van der Waals surface area contributed by atoms with Crippen molar-refractivity contribution >= 4 is 11.8 Å². The number of ether oxygens (including phenoxy) is 1. The second kappa shape index (κ2) is 10.0. The van der Waals surface area contributed by atoms with Crippen molar-refractivity contribution in [1.82, 2.24) is 20.4 Å². The Hall–Kier alpha value is -3.75. The summed E-state index contributed by atoms with van der Waals surface area (Å²) in [4.78, 5) is 25.1. The molecule has 2 aromatic carbocycles. The van der Waals surface area contributed by atoms with E-state index in [1.807, 2.05) is 24.3 Å². The summed E-state index contributed by atoms with van der Waals surface area (Å²) in [5.41, 5.74) is 0.704. The van der Waals surface area contributed by atoms with E-state index in [-0.39, 0.29) is 12.5 Å². The van der Waals surface area contributed by atoms with Crippen LogP contribution in [0.15, 0.2) is 54.7 Å². The third-order valence-corrected chi connectivity index (χ3v) is 4.85. The van der Waals surface area contributed by atoms with E-state index in [0.717, 1.165) is 23.6 Å². The first kappa shape index (κ1) is 22.9. The average molecular weight is 442 g/mol. The van der Waals surface area contributed by atoms with Crippen LogP contribution in [0.4, 0.5) is 8.78 Å². The first-order valence-corrected chi connectivity index (χ1v) is 10.0. The summed E-state index contributed by atoms with van der Waals surface area (Å²) < 4.78 is 34.6. The smallest absolute Gasteiger partial charge is 0.257 e. The summed E-state index contributed by atoms with van der Waals surface area (Å²) in [7, 11) is 1.59. The van der Waals surface area contributed by atoms with Crippen molar-refractivity contribution in [3.05, 3.63) is 77.6 Å². The summed E-state index contributed by atoms with van der Waals surface area (Å²) >= 11 is 0. The second-order valence-corrected chi connectivity index (χ2v) is 7.46. The largest absolute Gasteiger partial charge is 0.497 e. The molecule has 1 aromatic heterocycles. The minimum atomic E-state index is -0.991. The van der Waals surface area contributed by atoms with Crippen molar-refractivity contribution in [2.45, 2.75) is 26.4 Å². The molecule has 1 atom stereocenters. The number of aromatic nitrogens is 2. The van der Waals surface area contributed by atoms with Crippen molar-refractivity contribution in [3.63, 3.8) is 0 Å². The van der Waals surface area contributed by atoms with Crippen LogP contribution in [0.2, 0.25) is 0 Å². The number of nitrogens with one attached hydrogen (secondary N) is 2. The molecule has 0 bridgehead atoms. The molecule has 0 aliphatic rings. The van der Waals surface area contributed by atoms with Crippen molar-refractivity contribution in [2.75, 3.05) is 7.11 Å². The third-order valence-electron chi connectivity index (χ3n) is 4.85. The molecule has 168 valence electrons. The highest BCUT2D eigenvalue weighted by Crippen LogP contribution is 2.15. The van der Waals surface area contributed by atoms with Gasteiger partial charge in [-0.15, -0.1) is 0 Å². The Balaban J connectivity index is 1.64. The van der Waals surface area contributed by atoms with Gasteiger partial charge in [0.05, 0.1) is 25.0 Å². The molecule has 2 N–H and O–H groups in total. The Labute approximate surface area is 184 Å². The van der Waals surface area contributed by atoms with Crippen LogP contribution < -0.4 is 15.4 Å². The van der Waals surface area contributed by atoms with Crippen LogP contribution in [0.1, 0.15) is 29.9 Å². The highest BCUT2D eigenvalue weighted by Gasteiger charge is 2.27. The quantitative estimate of drug-likeness (QED) is 0.561. The molecule has 0 radical (unpaired) electrons. The minimum Gasteiger partial charge on any atom is -0.497 e. The lowest BCUT2D eigenvalue weighted by Crippen LogP contribution is -2.49. The Morgan fingerprint density at radius 1 is 1.06 bits per heavy atom. The molecule has 0 aliphatic heterocycles. The maximum Gasteiger partial charge on any atom is 0.257 e. The number of hydrogen-bond donors (Lipinski definition) is 2. The molecule has 0 aliphatic carbocycles. The fraction of sp³-hybridized carbons (Fsp3) is 0.261. The SMILES string of the molecule is COc1ccc(-n2ccc(CNC(=O)C(NC(=O)c3c(F)cccc3F)C(C)C)n2)cc1. The van der Waals surface area contributed by atoms with Gasteiger partial charge in [-0.1, -0.05) is 19.9 Å². The fourth-order valence-electron chi connectivity index (χ4n) is 3.09. The summed E-state index contributed by atoms with van der Waals surface area (Å²) in [5.74, 6) is -3.04. The van der Waals surface area contributed by atoms with Gasteiger partial charge in [0, 0.05) is 6.20 Å². The van der Waals surface area contributed by atoms with Crippen LogP contribution in [-0.2, 0) is 11.3 Å². The molecular formula is C23H24F2N4O3. The molecule has 3 rings (SSSR count). The van der Waals surface area contributed by atoms with Crippen LogP contribution in [0.25, 0.3) is 5.69 Å². The van der Waals surface area contributed by atoms with Crippen molar-refractivity contribution in [1.29, 1.82) is 0 Å². The minimum absolute atomic E-state index is 0.120. The van der Waals surface area contributed by atoms with E-state index >= 15 is 0 Å². The maximum absolute atomic E-state index is 13.9. The van der Waals surface area contributed by atoms with E-state index < -0.39 is 35.1 Å². The van der Waals surface area contributed by atoms with Crippen LogP contribution in [-0.4, -0.2) is 34.7 Å². The van der Waals surface area contributed by atoms with Crippen molar-refractivity contribution in [3.8, 4) is 11.4 Å². The first-order chi connectivity index (χ1) is 15.3. The topological polar surface area (TPSA) is 85.2 Å². The van der Waals surface area contributed by atoms with Gasteiger partial charge in [-0.3, -0.25) is 9.59 Å². The molecule has 7 nitrogen and oxygen atoms in total. The average Bonchev–Trinajstić information content (AvgIpc) is 3.24. The molecule has 0 saturated heterocycles. The number of carbonyl (C=O) groups excluding carboxylic acids is 2. The molecule has 0 saturated carbocycles. The second-order valence-electron chi connectivity index (χ2n) is 7.46. The summed E-state index contributed by atoms with van der Waals surface area (Å²) in [5, 5.41) is 9.55. The third kappa shape index (κ3) is 5.29. The number of halogens is 2. The predicted molar refractivity (Wildman–Crippen MR) is 114 cm³/mol. The van der Waals surface area contributed by atoms with Gasteiger partial charge in [-0.2, -0.15) is 5.10 Å². The molecule has 0 spiro atoms. The molecule has 1 unspecified atom stereocenters. The van der Waals surface area contributed by atoms with Gasteiger partial charge < -0.3 is 15.4 Å². The standard InChI is InChI=1S/C23H24F2N4O3/c1-14(2)21(27-22(30)20-18(24)5-4-6-19(20)25)23(31)26-13-15-11-12-29(28-15)16-7-9-17(32-3)10-8-16/h4-12,14,21H,13H2,1-3H3,(H,26,31)(H,27,30). The van der Waals surface area contributed by atoms with Gasteiger partial charge in [0.15, 0.2) is 0 Å². The zero-order valence-electron chi connectivity index (χ0n) is 17.9. The Morgan fingerprint density at radius 2 is 1.72 bits per heavy atom. The number of nitrogens with zero attached hydrogens (tertiary/aromatic N) is 2. The molecule has 1 heterocycles. The molecule has 2 amide bonds. The lowest BCUT2D eigenvalue weighted by molar-refractivity contribution is -0.124. The number of amides is 2. The highest BCUT2D eigenvalue weighted by atomic mass is 19.1. The van der Waals surface area contributed by atoms with Crippen molar-refractivity contribution in [2.24, 2.45) is 5.92 Å². The number of carbonyl (C=O) groups is 2. The van der Waals surface area contributed by atoms with Crippen LogP contribution in [0, 0.1) is 17.6 Å². The highest BCUT2D eigenvalue weighted by molar-refractivity contribution is 5.98. The number of benzene rings is 2. The molecule has 32 heavy (non-hydrogen) atoms. The van der Waals surface area contributed by atoms with Crippen LogP contribution in [0.3, 0.4) is 0 Å². The van der Waals surface area contributed by atoms with E-state index in [1.54, 1.807) is 37.9 Å². The monoisotopic (exact) mass is 442 g/mol. The van der Waals surface area contributed by atoms with Crippen LogP contribution in [0.5, 0.6) is 5.75 Å². The molecule has 9 heteroatoms. The van der Waals surface area contributed by atoms with E-state index in [4.69, 9.17) is 4.74 Å². The summed E-state index contributed by atoms with van der Waals surface area (Å²) in [6.07, 6.45) is 1.76. The van der Waals surface area contributed by atoms with Gasteiger partial charge >= 0.3 is 0 Å². The van der Waals surface area contributed by atoms with Gasteiger partial charge in [0.25, 0.3) is 5.91 Å². The van der Waals surface area contributed by atoms with E-state index in [2.05, 4.69) is 15.7 Å². The van der Waals surface area contributed by atoms with E-state index in [9.17, 15) is 18.4 Å². The van der Waals surface area contributed by atoms with Crippen LogP contribution >= 0.6 is 0 Å². The summed E-state index contributed by atoms with van der Waals surface area (Å²) in [6, 6.07) is 11.2. The maximum atomic E-state index is 13.9. The fourth-order valence-corrected chi connectivity index (χ4v) is 3.09. The van der Waals surface area contributed by atoms with Gasteiger partial charge in [0.1, 0.15) is 29.0 Å². The number of hydrogen-bond acceptors (Lipinski definition) is 4. The molecular weight excluding hydrogens is 418 g/mol. The zero-order valence-corrected chi connectivity index (χ0v) is 17.9. The van der Waals surface area contributed by atoms with Gasteiger partial charge in [0.2, 0.25) is 5.91 Å². The molecule has 3 aromatic rings. The van der Waals surface area contributed by atoms with E-state index in [1.165, 1.54) is 6.07 Å². The Bertz CT molecular complexity index is 1080. The predicted octanol–water partition coefficient (Wildman–Crippen LogP) is 3.23. The zero-order chi connectivity index (χ0) is 23.3. The molecule has 0 fully saturated rings. The first-order valence-electron chi connectivity index (χ1n) is 10.0. The number of methoxy groups -OCH3 is 1. The normalized spacial score (nSPS) is 11.8. The van der Waals surface area contributed by atoms with Crippen molar-refractivity contribution < 1.29 is 23.1 Å². The van der Waals surface area contributed by atoms with E-state index in [0.29, 0.717) is 5.69 Å². The van der Waals surface area contributed by atoms with Gasteiger partial charge in [-0.05, 0) is 48.4 Å². The lowest BCUT2D eigenvalue weighted by atomic mass is 10.0. The number of rotatable bonds is 8. The van der Waals surface area contributed by atoms with Gasteiger partial charge in [-0.25, -0.2) is 13.5 Å².